The molecule has 15 heteroatoms. The number of aliphatic imine (C=N–C) groups is 1. The van der Waals surface area contributed by atoms with Gasteiger partial charge in [0.25, 0.3) is 0 Å². The summed E-state index contributed by atoms with van der Waals surface area (Å²) < 4.78 is 0. The van der Waals surface area contributed by atoms with Gasteiger partial charge in [-0.1, -0.05) is 44.2 Å². The van der Waals surface area contributed by atoms with Crippen LogP contribution in [0.3, 0.4) is 0 Å². The number of nitrogens with two attached hydrogens (primary N) is 2. The highest BCUT2D eigenvalue weighted by Gasteiger charge is 2.37. The number of aliphatic carboxylic acids is 1. The number of carbonyl (C=O) groups is 6. The molecule has 9 N–H and O–H groups in total. The summed E-state index contributed by atoms with van der Waals surface area (Å²) >= 11 is 0. The van der Waals surface area contributed by atoms with E-state index < -0.39 is 78.6 Å². The average molecular weight is 589 g/mol. The number of carboxylic acids is 1. The second kappa shape index (κ2) is 15.9. The number of hydrogen-bond acceptors (Lipinski definition) is 7. The Balaban J connectivity index is 2.50. The second-order valence-corrected chi connectivity index (χ2v) is 10.3. The lowest BCUT2D eigenvalue weighted by molar-refractivity contribution is -0.144. The van der Waals surface area contributed by atoms with Gasteiger partial charge in [-0.3, -0.25) is 33.8 Å². The molecular weight excluding hydrogens is 548 g/mol. The van der Waals surface area contributed by atoms with Crippen molar-refractivity contribution in [3.63, 3.8) is 0 Å². The number of rotatable bonds is 9. The minimum Gasteiger partial charge on any atom is -0.481 e. The molecule has 0 spiro atoms. The molecule has 0 radical (unpaired) electrons. The fourth-order valence-corrected chi connectivity index (χ4v) is 4.58. The van der Waals surface area contributed by atoms with Crippen molar-refractivity contribution >= 4 is 41.5 Å². The van der Waals surface area contributed by atoms with Gasteiger partial charge in [0.15, 0.2) is 5.96 Å². The van der Waals surface area contributed by atoms with Crippen LogP contribution in [-0.4, -0.2) is 95.8 Å². The van der Waals surface area contributed by atoms with E-state index in [1.165, 1.54) is 11.9 Å². The monoisotopic (exact) mass is 588 g/mol. The Morgan fingerprint density at radius 3 is 2.21 bits per heavy atom. The van der Waals surface area contributed by atoms with Gasteiger partial charge in [-0.25, -0.2) is 0 Å². The first-order valence-corrected chi connectivity index (χ1v) is 13.6. The van der Waals surface area contributed by atoms with Crippen molar-refractivity contribution in [2.45, 2.75) is 63.7 Å². The number of carbonyl (C=O) groups excluding carboxylic acids is 5. The van der Waals surface area contributed by atoms with Crippen LogP contribution in [0.1, 0.15) is 38.7 Å². The van der Waals surface area contributed by atoms with Crippen LogP contribution in [0.25, 0.3) is 0 Å². The van der Waals surface area contributed by atoms with Crippen LogP contribution < -0.4 is 32.7 Å². The first-order chi connectivity index (χ1) is 19.8. The number of benzene rings is 1. The molecule has 0 aliphatic carbocycles. The summed E-state index contributed by atoms with van der Waals surface area (Å²) in [5.41, 5.74) is 11.4. The first-order valence-electron chi connectivity index (χ1n) is 13.6. The number of nitrogens with one attached hydrogen (secondary N) is 4. The Kier molecular flexibility index (Phi) is 12.7. The van der Waals surface area contributed by atoms with Gasteiger partial charge in [-0.05, 0) is 24.3 Å². The van der Waals surface area contributed by atoms with E-state index in [1.54, 1.807) is 44.2 Å². The largest absolute Gasteiger partial charge is 0.481 e. The average Bonchev–Trinajstić information content (AvgIpc) is 2.91. The Morgan fingerprint density at radius 1 is 0.976 bits per heavy atom. The number of carboxylic acid groups (broad SMARTS) is 1. The Morgan fingerprint density at radius 2 is 1.62 bits per heavy atom. The Bertz CT molecular complexity index is 1170. The molecule has 1 aromatic rings. The van der Waals surface area contributed by atoms with E-state index >= 15 is 0 Å². The van der Waals surface area contributed by atoms with Gasteiger partial charge in [0, 0.05) is 20.0 Å². The van der Waals surface area contributed by atoms with Crippen LogP contribution in [0, 0.1) is 5.92 Å². The smallest absolute Gasteiger partial charge is 0.305 e. The topological polar surface area (TPSA) is 238 Å². The molecule has 4 atom stereocenters. The zero-order valence-electron chi connectivity index (χ0n) is 24.0. The third kappa shape index (κ3) is 10.4. The third-order valence-electron chi connectivity index (χ3n) is 6.59. The molecule has 0 unspecified atom stereocenters. The van der Waals surface area contributed by atoms with E-state index in [-0.39, 0.29) is 25.3 Å². The van der Waals surface area contributed by atoms with E-state index in [4.69, 9.17) is 11.5 Å². The summed E-state index contributed by atoms with van der Waals surface area (Å²) in [6.45, 7) is 3.04. The van der Waals surface area contributed by atoms with Crippen LogP contribution in [0.4, 0.5) is 0 Å². The van der Waals surface area contributed by atoms with Crippen molar-refractivity contribution in [2.24, 2.45) is 22.4 Å². The molecule has 1 heterocycles. The molecule has 1 aromatic carbocycles. The Hall–Kier alpha value is -4.69. The van der Waals surface area contributed by atoms with Gasteiger partial charge in [-0.15, -0.1) is 0 Å². The molecule has 0 bridgehead atoms. The van der Waals surface area contributed by atoms with Crippen LogP contribution in [0.2, 0.25) is 0 Å². The molecule has 42 heavy (non-hydrogen) atoms. The van der Waals surface area contributed by atoms with E-state index in [1.807, 2.05) is 0 Å². The normalized spacial score (nSPS) is 22.7. The number of hydrogen-bond donors (Lipinski definition) is 7. The van der Waals surface area contributed by atoms with Gasteiger partial charge in [0.2, 0.25) is 29.5 Å². The minimum atomic E-state index is -1.54. The summed E-state index contributed by atoms with van der Waals surface area (Å²) in [4.78, 5) is 82.8. The lowest BCUT2D eigenvalue weighted by atomic mass is 9.98. The molecule has 2 rings (SSSR count). The SMILES string of the molecule is CC(C)[C@H]1C(=O)N[C@@H](CCCN=C(N)N)C(=O)NCC(=O)N[C@H](CC(=O)O)C(=O)N[C@H](Cc2ccccc2)C(=O)N1C. The van der Waals surface area contributed by atoms with Crippen LogP contribution >= 0.6 is 0 Å². The molecule has 1 aliphatic heterocycles. The minimum absolute atomic E-state index is 0.0311. The first kappa shape index (κ1) is 33.5. The fraction of sp³-hybridized carbons (Fsp3) is 0.519. The van der Waals surface area contributed by atoms with Gasteiger partial charge < -0.3 is 42.7 Å². The fourth-order valence-electron chi connectivity index (χ4n) is 4.58. The van der Waals surface area contributed by atoms with Crippen molar-refractivity contribution in [1.82, 2.24) is 26.2 Å². The van der Waals surface area contributed by atoms with Gasteiger partial charge in [-0.2, -0.15) is 0 Å². The molecule has 5 amide bonds. The summed E-state index contributed by atoms with van der Waals surface area (Å²) in [5.74, 6) is -5.58. The molecule has 1 aliphatic rings. The number of likely N-dealkylation sites (N-methyl/N-ethyl adjacent to an activating group) is 1. The van der Waals surface area contributed by atoms with E-state index in [9.17, 15) is 33.9 Å². The zero-order chi connectivity index (χ0) is 31.4. The highest BCUT2D eigenvalue weighted by atomic mass is 16.4. The standard InChI is InChI=1S/C27H40N8O7/c1-15(2)22-25(41)33-17(10-7-11-30-27(28)29)23(39)31-14-20(36)32-18(13-21(37)38)24(40)34-19(26(42)35(22)3)12-16-8-5-4-6-9-16/h4-6,8-9,15,17-19,22H,7,10-14H2,1-3H3,(H,31,39)(H,32,36)(H,33,41)(H,34,40)(H,37,38)(H4,28,29,30)/t17-,18+,19+,22-/m0/s1. The van der Waals surface area contributed by atoms with Crippen molar-refractivity contribution in [3.05, 3.63) is 35.9 Å². The summed E-state index contributed by atoms with van der Waals surface area (Å²) in [6.07, 6.45) is -0.322. The zero-order valence-corrected chi connectivity index (χ0v) is 24.0. The Labute approximate surface area is 243 Å². The maximum absolute atomic E-state index is 13.8. The maximum Gasteiger partial charge on any atom is 0.305 e. The van der Waals surface area contributed by atoms with E-state index in [0.29, 0.717) is 12.0 Å². The summed E-state index contributed by atoms with van der Waals surface area (Å²) in [7, 11) is 1.42. The van der Waals surface area contributed by atoms with Gasteiger partial charge in [0.05, 0.1) is 13.0 Å². The molecular formula is C27H40N8O7. The maximum atomic E-state index is 13.8. The number of amides is 5. The van der Waals surface area contributed by atoms with E-state index in [2.05, 4.69) is 26.3 Å². The molecule has 230 valence electrons. The summed E-state index contributed by atoms with van der Waals surface area (Å²) in [5, 5.41) is 19.3. The molecule has 15 nitrogen and oxygen atoms in total. The highest BCUT2D eigenvalue weighted by Crippen LogP contribution is 2.15. The van der Waals surface area contributed by atoms with Crippen molar-refractivity contribution in [2.75, 3.05) is 20.1 Å². The van der Waals surface area contributed by atoms with E-state index in [0.717, 1.165) is 0 Å². The lowest BCUT2D eigenvalue weighted by Crippen LogP contribution is -2.59. The quantitative estimate of drug-likeness (QED) is 0.0942. The highest BCUT2D eigenvalue weighted by molar-refractivity contribution is 5.98. The lowest BCUT2D eigenvalue weighted by Gasteiger charge is -2.34. The molecule has 1 fully saturated rings. The van der Waals surface area contributed by atoms with Gasteiger partial charge >= 0.3 is 5.97 Å². The van der Waals surface area contributed by atoms with Crippen LogP contribution in [-0.2, 0) is 35.2 Å². The van der Waals surface area contributed by atoms with Crippen LogP contribution in [0.5, 0.6) is 0 Å². The molecule has 1 saturated heterocycles. The van der Waals surface area contributed by atoms with Crippen molar-refractivity contribution < 1.29 is 33.9 Å². The van der Waals surface area contributed by atoms with Crippen LogP contribution in [0.15, 0.2) is 35.3 Å². The second-order valence-electron chi connectivity index (χ2n) is 10.3. The van der Waals surface area contributed by atoms with Gasteiger partial charge in [0.1, 0.15) is 24.2 Å². The number of nitrogens with zero attached hydrogens (tertiary/aromatic N) is 2. The predicted molar refractivity (Wildman–Crippen MR) is 153 cm³/mol. The molecule has 0 aromatic heterocycles. The predicted octanol–water partition coefficient (Wildman–Crippen LogP) is -2.18. The molecule has 0 saturated carbocycles. The third-order valence-corrected chi connectivity index (χ3v) is 6.59. The van der Waals surface area contributed by atoms with Crippen molar-refractivity contribution in [3.8, 4) is 0 Å². The van der Waals surface area contributed by atoms with Crippen molar-refractivity contribution in [1.29, 1.82) is 0 Å². The number of guanidine groups is 1. The summed E-state index contributed by atoms with van der Waals surface area (Å²) in [6, 6.07) is 3.92.